The summed E-state index contributed by atoms with van der Waals surface area (Å²) in [5.41, 5.74) is 2.10. The van der Waals surface area contributed by atoms with E-state index in [-0.39, 0.29) is 16.5 Å². The fourth-order valence-corrected chi connectivity index (χ4v) is 1.87. The maximum Gasteiger partial charge on any atom is 0.337 e. The van der Waals surface area contributed by atoms with Gasteiger partial charge in [0.05, 0.1) is 10.6 Å². The minimum atomic E-state index is -1.13. The van der Waals surface area contributed by atoms with Crippen LogP contribution in [0, 0.1) is 0 Å². The molecule has 0 bridgehead atoms. The number of carboxylic acid groups (broad SMARTS) is 1. The molecule has 1 heterocycles. The Kier molecular flexibility index (Phi) is 3.87. The second-order valence-corrected chi connectivity index (χ2v) is 4.69. The monoisotopic (exact) mass is 280 g/mol. The van der Waals surface area contributed by atoms with E-state index in [4.69, 9.17) is 16.7 Å². The quantitative estimate of drug-likeness (QED) is 0.739. The van der Waals surface area contributed by atoms with E-state index < -0.39 is 5.97 Å². The Morgan fingerprint density at radius 2 is 2.05 bits per heavy atom. The first-order valence-electron chi connectivity index (χ1n) is 5.72. The molecule has 2 rings (SSSR count). The number of halogens is 1. The molecular formula is C13H13ClN2O3. The molecule has 19 heavy (non-hydrogen) atoms. The smallest absolute Gasteiger partial charge is 0.337 e. The SMILES string of the molecule is CC(C(=O)Nc1ccc(Cl)c(C(=O)O)c1)=C1CNC1. The molecule has 1 saturated heterocycles. The molecule has 1 amide bonds. The van der Waals surface area contributed by atoms with Gasteiger partial charge in [-0.25, -0.2) is 4.79 Å². The summed E-state index contributed by atoms with van der Waals surface area (Å²) in [6.45, 7) is 3.19. The molecule has 1 aliphatic rings. The summed E-state index contributed by atoms with van der Waals surface area (Å²) >= 11 is 5.76. The van der Waals surface area contributed by atoms with E-state index >= 15 is 0 Å². The van der Waals surface area contributed by atoms with Crippen LogP contribution >= 0.6 is 11.6 Å². The van der Waals surface area contributed by atoms with Crippen molar-refractivity contribution in [3.05, 3.63) is 39.9 Å². The predicted molar refractivity (Wildman–Crippen MR) is 72.6 cm³/mol. The van der Waals surface area contributed by atoms with Crippen molar-refractivity contribution in [3.8, 4) is 0 Å². The van der Waals surface area contributed by atoms with Gasteiger partial charge in [0.2, 0.25) is 0 Å². The van der Waals surface area contributed by atoms with Crippen LogP contribution in [0.25, 0.3) is 0 Å². The fraction of sp³-hybridized carbons (Fsp3) is 0.231. The van der Waals surface area contributed by atoms with E-state index in [0.717, 1.165) is 18.7 Å². The lowest BCUT2D eigenvalue weighted by molar-refractivity contribution is -0.112. The number of aromatic carboxylic acids is 1. The Morgan fingerprint density at radius 3 is 2.58 bits per heavy atom. The lowest BCUT2D eigenvalue weighted by Crippen LogP contribution is -2.36. The van der Waals surface area contributed by atoms with Gasteiger partial charge in [-0.2, -0.15) is 0 Å². The summed E-state index contributed by atoms with van der Waals surface area (Å²) in [5, 5.41) is 14.8. The number of hydrogen-bond acceptors (Lipinski definition) is 3. The standard InChI is InChI=1S/C13H13ClN2O3/c1-7(8-5-15-6-8)12(17)16-9-2-3-11(14)10(4-9)13(18)19/h2-4,15H,5-6H2,1H3,(H,16,17)(H,18,19). The second-order valence-electron chi connectivity index (χ2n) is 4.29. The summed E-state index contributed by atoms with van der Waals surface area (Å²) in [4.78, 5) is 22.9. The van der Waals surface area contributed by atoms with Gasteiger partial charge in [-0.1, -0.05) is 11.6 Å². The van der Waals surface area contributed by atoms with Crippen molar-refractivity contribution in [1.29, 1.82) is 0 Å². The summed E-state index contributed by atoms with van der Waals surface area (Å²) in [6, 6.07) is 4.37. The number of hydrogen-bond donors (Lipinski definition) is 3. The van der Waals surface area contributed by atoms with Crippen molar-refractivity contribution < 1.29 is 14.7 Å². The molecule has 5 nitrogen and oxygen atoms in total. The highest BCUT2D eigenvalue weighted by molar-refractivity contribution is 6.33. The molecule has 1 aliphatic heterocycles. The van der Waals surface area contributed by atoms with E-state index in [2.05, 4.69) is 10.6 Å². The number of amides is 1. The van der Waals surface area contributed by atoms with Gasteiger partial charge in [0.1, 0.15) is 0 Å². The molecule has 3 N–H and O–H groups in total. The average Bonchev–Trinajstić information content (AvgIpc) is 2.28. The van der Waals surface area contributed by atoms with Crippen molar-refractivity contribution >= 4 is 29.2 Å². The lowest BCUT2D eigenvalue weighted by Gasteiger charge is -2.21. The van der Waals surface area contributed by atoms with Crippen molar-refractivity contribution in [2.45, 2.75) is 6.92 Å². The highest BCUT2D eigenvalue weighted by Crippen LogP contribution is 2.21. The molecule has 0 saturated carbocycles. The molecule has 0 unspecified atom stereocenters. The molecule has 100 valence electrons. The van der Waals surface area contributed by atoms with Crippen LogP contribution < -0.4 is 10.6 Å². The Balaban J connectivity index is 2.17. The largest absolute Gasteiger partial charge is 0.478 e. The first kappa shape index (κ1) is 13.6. The van der Waals surface area contributed by atoms with Crippen LogP contribution in [0.15, 0.2) is 29.3 Å². The van der Waals surface area contributed by atoms with E-state index in [0.29, 0.717) is 11.3 Å². The topological polar surface area (TPSA) is 78.4 Å². The lowest BCUT2D eigenvalue weighted by atomic mass is 10.0. The molecule has 0 radical (unpaired) electrons. The second kappa shape index (κ2) is 5.42. The molecule has 1 aromatic rings. The van der Waals surface area contributed by atoms with Gasteiger partial charge in [0.25, 0.3) is 5.91 Å². The van der Waals surface area contributed by atoms with Crippen molar-refractivity contribution in [2.75, 3.05) is 18.4 Å². The Morgan fingerprint density at radius 1 is 1.37 bits per heavy atom. The third-order valence-corrected chi connectivity index (χ3v) is 3.33. The molecule has 1 fully saturated rings. The highest BCUT2D eigenvalue weighted by atomic mass is 35.5. The van der Waals surface area contributed by atoms with Crippen LogP contribution in [0.2, 0.25) is 5.02 Å². The number of nitrogens with one attached hydrogen (secondary N) is 2. The van der Waals surface area contributed by atoms with Crippen LogP contribution in [0.5, 0.6) is 0 Å². The maximum absolute atomic E-state index is 11.9. The zero-order chi connectivity index (χ0) is 14.0. The molecule has 0 aliphatic carbocycles. The maximum atomic E-state index is 11.9. The van der Waals surface area contributed by atoms with E-state index in [9.17, 15) is 9.59 Å². The molecule has 0 spiro atoms. The summed E-state index contributed by atoms with van der Waals surface area (Å²) in [7, 11) is 0. The van der Waals surface area contributed by atoms with E-state index in [1.807, 2.05) is 0 Å². The third-order valence-electron chi connectivity index (χ3n) is 3.00. The molecule has 0 atom stereocenters. The first-order valence-corrected chi connectivity index (χ1v) is 6.10. The van der Waals surface area contributed by atoms with Gasteiger partial charge < -0.3 is 15.7 Å². The minimum Gasteiger partial charge on any atom is -0.478 e. The Bertz CT molecular complexity index is 575. The predicted octanol–water partition coefficient (Wildman–Crippen LogP) is 1.90. The first-order chi connectivity index (χ1) is 8.99. The molecule has 1 aromatic carbocycles. The van der Waals surface area contributed by atoms with Gasteiger partial charge in [-0.3, -0.25) is 4.79 Å². The Hall–Kier alpha value is -1.85. The minimum absolute atomic E-state index is 0.0323. The van der Waals surface area contributed by atoms with Crippen molar-refractivity contribution in [1.82, 2.24) is 5.32 Å². The van der Waals surface area contributed by atoms with Crippen LogP contribution in [0.1, 0.15) is 17.3 Å². The van der Waals surface area contributed by atoms with Crippen LogP contribution in [-0.2, 0) is 4.79 Å². The number of carbonyl (C=O) groups excluding carboxylic acids is 1. The average molecular weight is 281 g/mol. The van der Waals surface area contributed by atoms with Crippen LogP contribution in [0.4, 0.5) is 5.69 Å². The van der Waals surface area contributed by atoms with Crippen molar-refractivity contribution in [3.63, 3.8) is 0 Å². The highest BCUT2D eigenvalue weighted by Gasteiger charge is 2.17. The molecule has 6 heteroatoms. The van der Waals surface area contributed by atoms with Crippen LogP contribution in [-0.4, -0.2) is 30.1 Å². The summed E-state index contributed by atoms with van der Waals surface area (Å²) in [5.74, 6) is -1.35. The van der Waals surface area contributed by atoms with Gasteiger partial charge in [-0.05, 0) is 30.7 Å². The van der Waals surface area contributed by atoms with Gasteiger partial charge >= 0.3 is 5.97 Å². The number of anilines is 1. The molecule has 0 aromatic heterocycles. The number of carbonyl (C=O) groups is 2. The third kappa shape index (κ3) is 2.94. The summed E-state index contributed by atoms with van der Waals surface area (Å²) in [6.07, 6.45) is 0. The zero-order valence-corrected chi connectivity index (χ0v) is 11.0. The number of rotatable bonds is 3. The Labute approximate surface area is 115 Å². The van der Waals surface area contributed by atoms with Crippen LogP contribution in [0.3, 0.4) is 0 Å². The van der Waals surface area contributed by atoms with Gasteiger partial charge in [0, 0.05) is 24.4 Å². The van der Waals surface area contributed by atoms with E-state index in [1.165, 1.54) is 12.1 Å². The van der Waals surface area contributed by atoms with E-state index in [1.54, 1.807) is 13.0 Å². The van der Waals surface area contributed by atoms with Gasteiger partial charge in [0.15, 0.2) is 0 Å². The number of carboxylic acids is 1. The summed E-state index contributed by atoms with van der Waals surface area (Å²) < 4.78 is 0. The van der Waals surface area contributed by atoms with Gasteiger partial charge in [-0.15, -0.1) is 0 Å². The number of benzene rings is 1. The fourth-order valence-electron chi connectivity index (χ4n) is 1.67. The molecular weight excluding hydrogens is 268 g/mol. The van der Waals surface area contributed by atoms with Crippen molar-refractivity contribution in [2.24, 2.45) is 0 Å². The normalized spacial score (nSPS) is 13.7. The zero-order valence-electron chi connectivity index (χ0n) is 10.3.